The molecule has 128 valence electrons. The molecule has 2 fully saturated rings. The Balaban J connectivity index is 1.97. The minimum Gasteiger partial charge on any atom is -0.633 e. The van der Waals surface area contributed by atoms with E-state index in [1.165, 1.54) is 6.92 Å². The van der Waals surface area contributed by atoms with Crippen LogP contribution in [0.3, 0.4) is 0 Å². The molecule has 2 rings (SSSR count). The normalized spacial score (nSPS) is 36.5. The summed E-state index contributed by atoms with van der Waals surface area (Å²) >= 11 is 0. The molecule has 6 heteroatoms. The molecular formula is C16H29NO5. The SMILES string of the molecule is CC[C@H](C)[C@](O)(C(=O)OC[C@@H]1CC[N@+]2([O-])CCC[C@H]12)[C@@H](C)O. The number of fused-ring (bicyclic) bond motifs is 1. The number of ether oxygens (including phenoxy) is 1. The van der Waals surface area contributed by atoms with Crippen molar-refractivity contribution in [1.29, 1.82) is 0 Å². The van der Waals surface area contributed by atoms with Crippen LogP contribution < -0.4 is 0 Å². The molecular weight excluding hydrogens is 286 g/mol. The van der Waals surface area contributed by atoms with Crippen molar-refractivity contribution in [2.45, 2.75) is 64.2 Å². The van der Waals surface area contributed by atoms with E-state index in [-0.39, 0.29) is 23.2 Å². The number of hydroxylamine groups is 3. The van der Waals surface area contributed by atoms with Crippen molar-refractivity contribution >= 4 is 5.97 Å². The Morgan fingerprint density at radius 2 is 2.09 bits per heavy atom. The highest BCUT2D eigenvalue weighted by Gasteiger charge is 2.49. The number of hydrogen-bond donors (Lipinski definition) is 2. The number of hydrogen-bond acceptors (Lipinski definition) is 5. The zero-order chi connectivity index (χ0) is 16.5. The van der Waals surface area contributed by atoms with Crippen LogP contribution in [0.5, 0.6) is 0 Å². The first-order valence-electron chi connectivity index (χ1n) is 8.41. The summed E-state index contributed by atoms with van der Waals surface area (Å²) in [5, 5.41) is 32.9. The summed E-state index contributed by atoms with van der Waals surface area (Å²) < 4.78 is 5.19. The van der Waals surface area contributed by atoms with Gasteiger partial charge in [0.05, 0.1) is 31.2 Å². The van der Waals surface area contributed by atoms with E-state index < -0.39 is 23.6 Å². The van der Waals surface area contributed by atoms with Crippen LogP contribution in [0.2, 0.25) is 0 Å². The molecule has 0 radical (unpaired) electrons. The zero-order valence-electron chi connectivity index (χ0n) is 13.8. The Labute approximate surface area is 132 Å². The first-order valence-corrected chi connectivity index (χ1v) is 8.41. The van der Waals surface area contributed by atoms with Crippen LogP contribution in [0.1, 0.15) is 46.5 Å². The van der Waals surface area contributed by atoms with Crippen LogP contribution in [-0.2, 0) is 9.53 Å². The number of nitrogens with zero attached hydrogens (tertiary/aromatic N) is 1. The van der Waals surface area contributed by atoms with Crippen molar-refractivity contribution in [1.82, 2.24) is 0 Å². The smallest absolute Gasteiger partial charge is 0.341 e. The molecule has 6 nitrogen and oxygen atoms in total. The molecule has 2 N–H and O–H groups in total. The van der Waals surface area contributed by atoms with Crippen LogP contribution in [0.4, 0.5) is 0 Å². The minimum atomic E-state index is -1.88. The standard InChI is InChI=1S/C16H29NO5/c1-4-11(2)16(20,12(3)18)15(19)22-10-13-7-9-17(21)8-5-6-14(13)17/h11-14,18,20H,4-10H2,1-3H3/t11-,12+,13-,14+,16+,17+/m0/s1. The van der Waals surface area contributed by atoms with Gasteiger partial charge in [-0.05, 0) is 12.8 Å². The van der Waals surface area contributed by atoms with Gasteiger partial charge in [0.15, 0.2) is 5.60 Å². The molecule has 6 atom stereocenters. The molecule has 0 saturated carbocycles. The highest BCUT2D eigenvalue weighted by molar-refractivity contribution is 5.80. The van der Waals surface area contributed by atoms with Crippen LogP contribution >= 0.6 is 0 Å². The van der Waals surface area contributed by atoms with E-state index in [0.29, 0.717) is 19.5 Å². The minimum absolute atomic E-state index is 0.0241. The van der Waals surface area contributed by atoms with Gasteiger partial charge in [-0.3, -0.25) is 0 Å². The summed E-state index contributed by atoms with van der Waals surface area (Å²) in [5.74, 6) is -1.10. The number of quaternary nitrogens is 1. The van der Waals surface area contributed by atoms with Gasteiger partial charge < -0.3 is 24.8 Å². The Bertz CT molecular complexity index is 415. The summed E-state index contributed by atoms with van der Waals surface area (Å²) in [6.45, 7) is 6.40. The van der Waals surface area contributed by atoms with Crippen LogP contribution in [-0.4, -0.2) is 58.3 Å². The molecule has 0 bridgehead atoms. The largest absolute Gasteiger partial charge is 0.633 e. The summed E-state index contributed by atoms with van der Waals surface area (Å²) in [5.41, 5.74) is -1.88. The second-order valence-electron chi connectivity index (χ2n) is 7.07. The van der Waals surface area contributed by atoms with Gasteiger partial charge in [0.1, 0.15) is 6.61 Å². The molecule has 0 aromatic rings. The average Bonchev–Trinajstić information content (AvgIpc) is 2.99. The highest BCUT2D eigenvalue weighted by atomic mass is 16.6. The molecule has 2 saturated heterocycles. The summed E-state index contributed by atoms with van der Waals surface area (Å²) in [4.78, 5) is 12.3. The second-order valence-corrected chi connectivity index (χ2v) is 7.07. The molecule has 0 aliphatic carbocycles. The monoisotopic (exact) mass is 315 g/mol. The van der Waals surface area contributed by atoms with Gasteiger partial charge in [0.2, 0.25) is 0 Å². The van der Waals surface area contributed by atoms with Gasteiger partial charge in [-0.25, -0.2) is 4.79 Å². The number of carbonyl (C=O) groups excluding carboxylic acids is 1. The topological polar surface area (TPSA) is 89.8 Å². The third kappa shape index (κ3) is 2.89. The van der Waals surface area contributed by atoms with E-state index in [2.05, 4.69) is 0 Å². The molecule has 2 aliphatic rings. The lowest BCUT2D eigenvalue weighted by atomic mass is 9.82. The fourth-order valence-corrected chi connectivity index (χ4v) is 4.03. The lowest BCUT2D eigenvalue weighted by Crippen LogP contribution is -2.54. The molecule has 0 unspecified atom stereocenters. The van der Waals surface area contributed by atoms with Crippen LogP contribution in [0.25, 0.3) is 0 Å². The number of esters is 1. The fraction of sp³-hybridized carbons (Fsp3) is 0.938. The maximum Gasteiger partial charge on any atom is 0.341 e. The van der Waals surface area contributed by atoms with Crippen molar-refractivity contribution in [3.05, 3.63) is 5.21 Å². The van der Waals surface area contributed by atoms with Crippen LogP contribution in [0, 0.1) is 17.0 Å². The van der Waals surface area contributed by atoms with Gasteiger partial charge in [0, 0.05) is 19.3 Å². The Morgan fingerprint density at radius 3 is 2.68 bits per heavy atom. The third-order valence-corrected chi connectivity index (χ3v) is 5.82. The molecule has 0 aromatic carbocycles. The van der Waals surface area contributed by atoms with Gasteiger partial charge in [-0.15, -0.1) is 0 Å². The van der Waals surface area contributed by atoms with Crippen molar-refractivity contribution < 1.29 is 24.4 Å². The molecule has 2 aliphatic heterocycles. The molecule has 0 spiro atoms. The van der Waals surface area contributed by atoms with E-state index in [1.807, 2.05) is 6.92 Å². The van der Waals surface area contributed by atoms with E-state index >= 15 is 0 Å². The third-order valence-electron chi connectivity index (χ3n) is 5.82. The fourth-order valence-electron chi connectivity index (χ4n) is 4.03. The molecule has 2 heterocycles. The average molecular weight is 315 g/mol. The molecule has 0 amide bonds. The summed E-state index contributed by atoms with van der Waals surface area (Å²) in [7, 11) is 0. The van der Waals surface area contributed by atoms with Crippen molar-refractivity contribution in [3.63, 3.8) is 0 Å². The first-order chi connectivity index (χ1) is 10.3. The Kier molecular flexibility index (Phi) is 5.16. The van der Waals surface area contributed by atoms with Gasteiger partial charge in [-0.1, -0.05) is 20.3 Å². The predicted molar refractivity (Wildman–Crippen MR) is 81.5 cm³/mol. The number of carbonyl (C=O) groups is 1. The van der Waals surface area contributed by atoms with Gasteiger partial charge in [0.25, 0.3) is 0 Å². The maximum atomic E-state index is 12.5. The lowest BCUT2D eigenvalue weighted by molar-refractivity contribution is -0.881. The first kappa shape index (κ1) is 17.7. The maximum absolute atomic E-state index is 12.5. The Morgan fingerprint density at radius 1 is 1.41 bits per heavy atom. The van der Waals surface area contributed by atoms with Crippen molar-refractivity contribution in [2.24, 2.45) is 11.8 Å². The number of rotatable bonds is 6. The Hall–Kier alpha value is -0.690. The quantitative estimate of drug-likeness (QED) is 0.436. The van der Waals surface area contributed by atoms with E-state index in [1.54, 1.807) is 6.92 Å². The van der Waals surface area contributed by atoms with E-state index in [9.17, 15) is 20.2 Å². The van der Waals surface area contributed by atoms with Gasteiger partial charge >= 0.3 is 5.97 Å². The van der Waals surface area contributed by atoms with Crippen molar-refractivity contribution in [3.8, 4) is 0 Å². The number of aliphatic hydroxyl groups excluding tert-OH is 1. The molecule has 22 heavy (non-hydrogen) atoms. The predicted octanol–water partition coefficient (Wildman–Crippen LogP) is 1.18. The van der Waals surface area contributed by atoms with Gasteiger partial charge in [-0.2, -0.15) is 0 Å². The summed E-state index contributed by atoms with van der Waals surface area (Å²) in [6.07, 6.45) is 1.95. The summed E-state index contributed by atoms with van der Waals surface area (Å²) in [6, 6.07) is 0.0241. The van der Waals surface area contributed by atoms with Crippen molar-refractivity contribution in [2.75, 3.05) is 19.7 Å². The lowest BCUT2D eigenvalue weighted by Gasteiger charge is -2.40. The number of aliphatic hydroxyl groups is 2. The van der Waals surface area contributed by atoms with E-state index in [4.69, 9.17) is 4.74 Å². The van der Waals surface area contributed by atoms with Crippen LogP contribution in [0.15, 0.2) is 0 Å². The highest BCUT2D eigenvalue weighted by Crippen LogP contribution is 2.39. The van der Waals surface area contributed by atoms with E-state index in [0.717, 1.165) is 19.3 Å². The second kappa shape index (κ2) is 6.43. The zero-order valence-corrected chi connectivity index (χ0v) is 13.8. The molecule has 0 aromatic heterocycles.